The quantitative estimate of drug-likeness (QED) is 0.182. The number of aliphatic carboxylic acids is 1. The molecule has 3 amide bonds. The van der Waals surface area contributed by atoms with Crippen LogP contribution in [0.3, 0.4) is 0 Å². The van der Waals surface area contributed by atoms with Gasteiger partial charge >= 0.3 is 5.97 Å². The van der Waals surface area contributed by atoms with Gasteiger partial charge in [0.25, 0.3) is 0 Å². The molecule has 39 heavy (non-hydrogen) atoms. The molecule has 1 aliphatic rings. The molecule has 12 heteroatoms. The van der Waals surface area contributed by atoms with Crippen molar-refractivity contribution in [3.63, 3.8) is 0 Å². The lowest BCUT2D eigenvalue weighted by molar-refractivity contribution is -0.143. The second kappa shape index (κ2) is 12.3. The molecular weight excluding hydrogens is 540 g/mol. The van der Waals surface area contributed by atoms with Crippen LogP contribution in [0.1, 0.15) is 30.5 Å². The topological polar surface area (TPSA) is 171 Å². The van der Waals surface area contributed by atoms with Crippen LogP contribution in [-0.4, -0.2) is 68.1 Å². The Morgan fingerprint density at radius 3 is 2.18 bits per heavy atom. The summed E-state index contributed by atoms with van der Waals surface area (Å²) >= 11 is 8.51. The van der Waals surface area contributed by atoms with E-state index in [2.05, 4.69) is 41.2 Å². The number of hydrogen-bond acceptors (Lipinski definition) is 8. The molecule has 0 bridgehead atoms. The Kier molecular flexibility index (Phi) is 9.57. The summed E-state index contributed by atoms with van der Waals surface area (Å²) in [5.74, 6) is -3.25. The standard InChI is InChI=1S/C27H34N4O6S2/c1-26(2,39)21(24(35)36)31-22(33)19(10-15-6-4-3-5-7-15)29-23(34)20(14-38)30-25(37)27(28)12-16-8-9-18(32)11-17(16)13-27/h3-9,11,19-21,32,38-39H,10,12-14,28H2,1-2H3,(H,29,34)(H,30,37)(H,31,33)(H,35,36)/t19-,20+,21-,27+/m0/s1. The highest BCUT2D eigenvalue weighted by Gasteiger charge is 2.42. The molecule has 0 fully saturated rings. The molecule has 2 aromatic carbocycles. The Balaban J connectivity index is 1.75. The van der Waals surface area contributed by atoms with E-state index in [1.54, 1.807) is 56.3 Å². The van der Waals surface area contributed by atoms with Crippen molar-refractivity contribution >= 4 is 48.9 Å². The number of fused-ring (bicyclic) bond motifs is 1. The third-order valence-corrected chi connectivity index (χ3v) is 7.24. The maximum Gasteiger partial charge on any atom is 0.327 e. The van der Waals surface area contributed by atoms with Crippen LogP contribution in [0.2, 0.25) is 0 Å². The molecule has 1 aliphatic carbocycles. The van der Waals surface area contributed by atoms with E-state index in [1.165, 1.54) is 6.07 Å². The molecule has 0 heterocycles. The molecule has 0 saturated carbocycles. The first-order chi connectivity index (χ1) is 18.2. The van der Waals surface area contributed by atoms with Crippen molar-refractivity contribution in [3.8, 4) is 5.75 Å². The fourth-order valence-electron chi connectivity index (χ4n) is 4.46. The Hall–Kier alpha value is -3.22. The molecule has 7 N–H and O–H groups in total. The molecule has 210 valence electrons. The average Bonchev–Trinajstić information content (AvgIpc) is 3.21. The summed E-state index contributed by atoms with van der Waals surface area (Å²) in [7, 11) is 0. The van der Waals surface area contributed by atoms with E-state index in [-0.39, 0.29) is 30.8 Å². The molecule has 0 unspecified atom stereocenters. The van der Waals surface area contributed by atoms with E-state index >= 15 is 0 Å². The minimum absolute atomic E-state index is 0.0696. The van der Waals surface area contributed by atoms with Crippen molar-refractivity contribution in [2.45, 2.75) is 61.5 Å². The van der Waals surface area contributed by atoms with E-state index in [0.717, 1.165) is 16.7 Å². The predicted octanol–water partition coefficient (Wildman–Crippen LogP) is 0.608. The van der Waals surface area contributed by atoms with Crippen molar-refractivity contribution in [1.29, 1.82) is 0 Å². The minimum atomic E-state index is -1.33. The molecule has 10 nitrogen and oxygen atoms in total. The van der Waals surface area contributed by atoms with Crippen molar-refractivity contribution in [3.05, 3.63) is 65.2 Å². The number of aromatic hydroxyl groups is 1. The van der Waals surface area contributed by atoms with Gasteiger partial charge in [-0.1, -0.05) is 36.4 Å². The average molecular weight is 575 g/mol. The number of amides is 3. The Labute approximate surface area is 237 Å². The summed E-state index contributed by atoms with van der Waals surface area (Å²) in [4.78, 5) is 51.4. The zero-order valence-electron chi connectivity index (χ0n) is 21.7. The van der Waals surface area contributed by atoms with Crippen LogP contribution >= 0.6 is 25.3 Å². The lowest BCUT2D eigenvalue weighted by atomic mass is 9.95. The maximum atomic E-state index is 13.3. The van der Waals surface area contributed by atoms with Gasteiger partial charge < -0.3 is 31.9 Å². The van der Waals surface area contributed by atoms with Gasteiger partial charge in [0.2, 0.25) is 17.7 Å². The third kappa shape index (κ3) is 7.68. The number of rotatable bonds is 11. The largest absolute Gasteiger partial charge is 0.508 e. The Morgan fingerprint density at radius 2 is 1.59 bits per heavy atom. The van der Waals surface area contributed by atoms with Crippen LogP contribution in [0.15, 0.2) is 48.5 Å². The van der Waals surface area contributed by atoms with Crippen molar-refractivity contribution in [2.24, 2.45) is 5.73 Å². The van der Waals surface area contributed by atoms with Gasteiger partial charge in [0.1, 0.15) is 29.4 Å². The first-order valence-corrected chi connectivity index (χ1v) is 13.4. The number of phenolic OH excluding ortho intramolecular Hbond substituents is 1. The van der Waals surface area contributed by atoms with Gasteiger partial charge in [-0.2, -0.15) is 25.3 Å². The highest BCUT2D eigenvalue weighted by molar-refractivity contribution is 7.81. The van der Waals surface area contributed by atoms with E-state index in [4.69, 9.17) is 5.73 Å². The zero-order valence-corrected chi connectivity index (χ0v) is 23.5. The molecular formula is C27H34N4O6S2. The number of thiol groups is 2. The van der Waals surface area contributed by atoms with Gasteiger partial charge in [-0.15, -0.1) is 0 Å². The normalized spacial score (nSPS) is 18.8. The van der Waals surface area contributed by atoms with Crippen LogP contribution in [0.5, 0.6) is 5.75 Å². The fourth-order valence-corrected chi connectivity index (χ4v) is 4.90. The molecule has 4 atom stereocenters. The number of nitrogens with two attached hydrogens (primary N) is 1. The smallest absolute Gasteiger partial charge is 0.327 e. The van der Waals surface area contributed by atoms with Crippen LogP contribution in [0.4, 0.5) is 0 Å². The summed E-state index contributed by atoms with van der Waals surface area (Å²) < 4.78 is -1.09. The van der Waals surface area contributed by atoms with Gasteiger partial charge in [-0.25, -0.2) is 4.79 Å². The molecule has 3 rings (SSSR count). The van der Waals surface area contributed by atoms with Gasteiger partial charge in [0.15, 0.2) is 0 Å². The van der Waals surface area contributed by atoms with E-state index < -0.39 is 52.1 Å². The van der Waals surface area contributed by atoms with E-state index in [1.807, 2.05) is 0 Å². The number of carbonyl (C=O) groups excluding carboxylic acids is 3. The summed E-state index contributed by atoms with van der Waals surface area (Å²) in [6.45, 7) is 3.11. The second-order valence-corrected chi connectivity index (χ2v) is 11.9. The lowest BCUT2D eigenvalue weighted by Crippen LogP contribution is -2.62. The van der Waals surface area contributed by atoms with Crippen molar-refractivity contribution in [1.82, 2.24) is 16.0 Å². The van der Waals surface area contributed by atoms with Gasteiger partial charge in [-0.05, 0) is 49.1 Å². The van der Waals surface area contributed by atoms with Crippen LogP contribution in [-0.2, 0) is 38.4 Å². The van der Waals surface area contributed by atoms with Crippen LogP contribution < -0.4 is 21.7 Å². The number of carboxylic acids is 1. The van der Waals surface area contributed by atoms with Gasteiger partial charge in [0, 0.05) is 23.3 Å². The number of hydrogen-bond donors (Lipinski definition) is 8. The molecule has 0 aliphatic heterocycles. The molecule has 0 aromatic heterocycles. The molecule has 0 radical (unpaired) electrons. The highest BCUT2D eigenvalue weighted by atomic mass is 32.1. The van der Waals surface area contributed by atoms with E-state index in [0.29, 0.717) is 0 Å². The summed E-state index contributed by atoms with van der Waals surface area (Å²) in [6, 6.07) is 10.1. The fraction of sp³-hybridized carbons (Fsp3) is 0.407. The first kappa shape index (κ1) is 30.3. The summed E-state index contributed by atoms with van der Waals surface area (Å²) in [5.41, 5.74) is 7.39. The third-order valence-electron chi connectivity index (χ3n) is 6.61. The Bertz CT molecular complexity index is 1240. The number of nitrogens with one attached hydrogen (secondary N) is 3. The summed E-state index contributed by atoms with van der Waals surface area (Å²) in [5, 5.41) is 27.1. The van der Waals surface area contributed by atoms with Crippen molar-refractivity contribution < 1.29 is 29.4 Å². The molecule has 0 spiro atoms. The molecule has 2 aromatic rings. The number of carbonyl (C=O) groups is 4. The van der Waals surface area contributed by atoms with Crippen LogP contribution in [0.25, 0.3) is 0 Å². The van der Waals surface area contributed by atoms with E-state index in [9.17, 15) is 29.4 Å². The second-order valence-electron chi connectivity index (χ2n) is 10.4. The Morgan fingerprint density at radius 1 is 0.974 bits per heavy atom. The minimum Gasteiger partial charge on any atom is -0.508 e. The SMILES string of the molecule is CC(C)(S)[C@@H](NC(=O)[C@H](Cc1ccccc1)NC(=O)[C@@H](CS)NC(=O)[C@@]1(N)Cc2ccc(O)cc2C1)C(=O)O. The maximum absolute atomic E-state index is 13.3. The predicted molar refractivity (Wildman–Crippen MR) is 153 cm³/mol. The van der Waals surface area contributed by atoms with Gasteiger partial charge in [0.05, 0.1) is 0 Å². The molecule has 0 saturated heterocycles. The zero-order chi connectivity index (χ0) is 29.0. The summed E-state index contributed by atoms with van der Waals surface area (Å²) in [6.07, 6.45) is 0.480. The monoisotopic (exact) mass is 574 g/mol. The lowest BCUT2D eigenvalue weighted by Gasteiger charge is -2.30. The number of benzene rings is 2. The van der Waals surface area contributed by atoms with Gasteiger partial charge in [-0.3, -0.25) is 14.4 Å². The number of phenols is 1. The first-order valence-electron chi connectivity index (χ1n) is 12.3. The van der Waals surface area contributed by atoms with Crippen LogP contribution in [0, 0.1) is 0 Å². The van der Waals surface area contributed by atoms with Crippen molar-refractivity contribution in [2.75, 3.05) is 5.75 Å². The highest BCUT2D eigenvalue weighted by Crippen LogP contribution is 2.31. The number of carboxylic acid groups (broad SMARTS) is 1.